The highest BCUT2D eigenvalue weighted by molar-refractivity contribution is 9.10. The Morgan fingerprint density at radius 1 is 1.21 bits per heavy atom. The lowest BCUT2D eigenvalue weighted by Gasteiger charge is -2.17. The maximum Gasteiger partial charge on any atom is 0.128 e. The van der Waals surface area contributed by atoms with Crippen LogP contribution in [0, 0.1) is 12.7 Å². The third-order valence-corrected chi connectivity index (χ3v) is 3.76. The maximum atomic E-state index is 13.7. The van der Waals surface area contributed by atoms with Crippen LogP contribution in [0.25, 0.3) is 0 Å². The van der Waals surface area contributed by atoms with Crippen molar-refractivity contribution in [1.82, 2.24) is 5.32 Å². The van der Waals surface area contributed by atoms with Crippen LogP contribution in [0.3, 0.4) is 0 Å². The molecule has 19 heavy (non-hydrogen) atoms. The first-order valence-corrected chi connectivity index (χ1v) is 7.10. The zero-order valence-corrected chi connectivity index (χ0v) is 12.7. The molecule has 0 fully saturated rings. The van der Waals surface area contributed by atoms with Crippen LogP contribution >= 0.6 is 15.9 Å². The minimum atomic E-state index is -0.182. The average Bonchev–Trinajstić information content (AvgIpc) is 2.38. The van der Waals surface area contributed by atoms with E-state index in [2.05, 4.69) is 47.2 Å². The van der Waals surface area contributed by atoms with Crippen LogP contribution < -0.4 is 5.32 Å². The first-order chi connectivity index (χ1) is 9.08. The minimum absolute atomic E-state index is 0.182. The largest absolute Gasteiger partial charge is 0.306 e. The number of hydrogen-bond acceptors (Lipinski definition) is 1. The van der Waals surface area contributed by atoms with E-state index in [4.69, 9.17) is 0 Å². The summed E-state index contributed by atoms with van der Waals surface area (Å²) in [6.07, 6.45) is 0. The predicted molar refractivity (Wildman–Crippen MR) is 80.5 cm³/mol. The zero-order valence-electron chi connectivity index (χ0n) is 11.1. The van der Waals surface area contributed by atoms with Gasteiger partial charge in [-0.15, -0.1) is 0 Å². The van der Waals surface area contributed by atoms with Crippen molar-refractivity contribution in [2.75, 3.05) is 0 Å². The minimum Gasteiger partial charge on any atom is -0.306 e. The summed E-state index contributed by atoms with van der Waals surface area (Å²) in [6.45, 7) is 4.71. The van der Waals surface area contributed by atoms with Gasteiger partial charge in [0.15, 0.2) is 0 Å². The Bertz CT molecular complexity index is 568. The number of halogens is 2. The molecule has 0 unspecified atom stereocenters. The second-order valence-corrected chi connectivity index (χ2v) is 5.61. The molecule has 2 rings (SSSR count). The standard InChI is InChI=1S/C16H17BrFN/c1-11-5-3-4-6-15(11)12(2)19-10-13-7-8-14(17)9-16(13)18/h3-9,12,19H,10H2,1-2H3/t12-/m0/s1. The van der Waals surface area contributed by atoms with E-state index in [1.54, 1.807) is 6.07 Å². The molecule has 2 aromatic rings. The van der Waals surface area contributed by atoms with Gasteiger partial charge in [0.2, 0.25) is 0 Å². The molecule has 0 saturated heterocycles. The Morgan fingerprint density at radius 3 is 2.63 bits per heavy atom. The molecule has 0 radical (unpaired) electrons. The van der Waals surface area contributed by atoms with Gasteiger partial charge in [0, 0.05) is 22.6 Å². The molecule has 0 aromatic heterocycles. The molecule has 0 aliphatic rings. The van der Waals surface area contributed by atoms with Crippen LogP contribution in [-0.4, -0.2) is 0 Å². The van der Waals surface area contributed by atoms with Crippen molar-refractivity contribution in [3.63, 3.8) is 0 Å². The molecule has 0 amide bonds. The SMILES string of the molecule is Cc1ccccc1[C@H](C)NCc1ccc(Br)cc1F. The van der Waals surface area contributed by atoms with Crippen molar-refractivity contribution in [2.45, 2.75) is 26.4 Å². The highest BCUT2D eigenvalue weighted by Gasteiger charge is 2.09. The van der Waals surface area contributed by atoms with E-state index in [1.807, 2.05) is 18.2 Å². The molecule has 1 nitrogen and oxygen atoms in total. The van der Waals surface area contributed by atoms with Crippen LogP contribution in [0.4, 0.5) is 4.39 Å². The van der Waals surface area contributed by atoms with Gasteiger partial charge in [0.05, 0.1) is 0 Å². The summed E-state index contributed by atoms with van der Waals surface area (Å²) in [5, 5.41) is 3.36. The van der Waals surface area contributed by atoms with Crippen molar-refractivity contribution in [2.24, 2.45) is 0 Å². The fourth-order valence-corrected chi connectivity index (χ4v) is 2.44. The molecule has 2 aromatic carbocycles. The normalized spacial score (nSPS) is 12.4. The van der Waals surface area contributed by atoms with E-state index in [1.165, 1.54) is 17.2 Å². The van der Waals surface area contributed by atoms with Crippen LogP contribution in [0.15, 0.2) is 46.9 Å². The summed E-state index contributed by atoms with van der Waals surface area (Å²) in [5.74, 6) is -0.182. The molecule has 0 aliphatic heterocycles. The van der Waals surface area contributed by atoms with Gasteiger partial charge in [0.25, 0.3) is 0 Å². The van der Waals surface area contributed by atoms with Crippen molar-refractivity contribution >= 4 is 15.9 Å². The fourth-order valence-electron chi connectivity index (χ4n) is 2.11. The van der Waals surface area contributed by atoms with Gasteiger partial charge in [-0.2, -0.15) is 0 Å². The lowest BCUT2D eigenvalue weighted by atomic mass is 10.0. The van der Waals surface area contributed by atoms with Crippen LogP contribution in [0.1, 0.15) is 29.7 Å². The Labute approximate surface area is 122 Å². The molecule has 100 valence electrons. The van der Waals surface area contributed by atoms with Crippen molar-refractivity contribution < 1.29 is 4.39 Å². The van der Waals surface area contributed by atoms with E-state index >= 15 is 0 Å². The Hall–Kier alpha value is -1.19. The summed E-state index contributed by atoms with van der Waals surface area (Å²) in [4.78, 5) is 0. The van der Waals surface area contributed by atoms with Crippen molar-refractivity contribution in [3.8, 4) is 0 Å². The van der Waals surface area contributed by atoms with Crippen molar-refractivity contribution in [1.29, 1.82) is 0 Å². The number of nitrogens with one attached hydrogen (secondary N) is 1. The Balaban J connectivity index is 2.04. The quantitative estimate of drug-likeness (QED) is 0.857. The molecule has 0 bridgehead atoms. The fraction of sp³-hybridized carbons (Fsp3) is 0.250. The monoisotopic (exact) mass is 321 g/mol. The van der Waals surface area contributed by atoms with E-state index in [9.17, 15) is 4.39 Å². The summed E-state index contributed by atoms with van der Waals surface area (Å²) in [6, 6.07) is 13.6. The Kier molecular flexibility index (Phi) is 4.72. The van der Waals surface area contributed by atoms with Crippen LogP contribution in [0.2, 0.25) is 0 Å². The van der Waals surface area contributed by atoms with Gasteiger partial charge in [-0.3, -0.25) is 0 Å². The third-order valence-electron chi connectivity index (χ3n) is 3.27. The van der Waals surface area contributed by atoms with Gasteiger partial charge in [0.1, 0.15) is 5.82 Å². The third kappa shape index (κ3) is 3.64. The number of aryl methyl sites for hydroxylation is 1. The van der Waals surface area contributed by atoms with E-state index in [-0.39, 0.29) is 11.9 Å². The molecule has 0 heterocycles. The first-order valence-electron chi connectivity index (χ1n) is 6.31. The molecule has 0 saturated carbocycles. The van der Waals surface area contributed by atoms with Gasteiger partial charge < -0.3 is 5.32 Å². The number of hydrogen-bond donors (Lipinski definition) is 1. The molecule has 1 atom stereocenters. The highest BCUT2D eigenvalue weighted by atomic mass is 79.9. The Morgan fingerprint density at radius 2 is 1.95 bits per heavy atom. The number of benzene rings is 2. The molecule has 1 N–H and O–H groups in total. The lowest BCUT2D eigenvalue weighted by Crippen LogP contribution is -2.19. The second kappa shape index (κ2) is 6.31. The smallest absolute Gasteiger partial charge is 0.128 e. The summed E-state index contributed by atoms with van der Waals surface area (Å²) in [7, 11) is 0. The summed E-state index contributed by atoms with van der Waals surface area (Å²) < 4.78 is 14.5. The lowest BCUT2D eigenvalue weighted by molar-refractivity contribution is 0.542. The molecule has 0 aliphatic carbocycles. The maximum absolute atomic E-state index is 13.7. The zero-order chi connectivity index (χ0) is 13.8. The van der Waals surface area contributed by atoms with Crippen molar-refractivity contribution in [3.05, 3.63) is 69.4 Å². The number of rotatable bonds is 4. The van der Waals surface area contributed by atoms with Gasteiger partial charge >= 0.3 is 0 Å². The van der Waals surface area contributed by atoms with E-state index in [0.717, 1.165) is 4.47 Å². The van der Waals surface area contributed by atoms with Gasteiger partial charge in [-0.25, -0.2) is 4.39 Å². The predicted octanol–water partition coefficient (Wildman–Crippen LogP) is 4.75. The summed E-state index contributed by atoms with van der Waals surface area (Å²) >= 11 is 3.26. The first kappa shape index (κ1) is 14.2. The summed E-state index contributed by atoms with van der Waals surface area (Å²) in [5.41, 5.74) is 3.18. The van der Waals surface area contributed by atoms with Gasteiger partial charge in [-0.1, -0.05) is 46.3 Å². The molecular weight excluding hydrogens is 305 g/mol. The molecule has 3 heteroatoms. The van der Waals surface area contributed by atoms with E-state index < -0.39 is 0 Å². The highest BCUT2D eigenvalue weighted by Crippen LogP contribution is 2.19. The van der Waals surface area contributed by atoms with Gasteiger partial charge in [-0.05, 0) is 37.1 Å². The topological polar surface area (TPSA) is 12.0 Å². The van der Waals surface area contributed by atoms with Crippen LogP contribution in [0.5, 0.6) is 0 Å². The second-order valence-electron chi connectivity index (χ2n) is 4.69. The van der Waals surface area contributed by atoms with E-state index in [0.29, 0.717) is 12.1 Å². The molecule has 0 spiro atoms. The average molecular weight is 322 g/mol. The molecular formula is C16H17BrFN. The van der Waals surface area contributed by atoms with Crippen LogP contribution in [-0.2, 0) is 6.54 Å².